The zero-order valence-corrected chi connectivity index (χ0v) is 58.6. The van der Waals surface area contributed by atoms with Crippen LogP contribution in [0.1, 0.15) is 186 Å². The maximum atomic E-state index is 11.2. The molecule has 0 amide bonds. The maximum Gasteiger partial charge on any atom is 0.119 e. The lowest BCUT2D eigenvalue weighted by molar-refractivity contribution is -0.0885. The fourth-order valence-corrected chi connectivity index (χ4v) is 15.7. The van der Waals surface area contributed by atoms with Gasteiger partial charge in [-0.15, -0.1) is 12.4 Å². The van der Waals surface area contributed by atoms with Crippen molar-refractivity contribution in [2.75, 3.05) is 111 Å². The van der Waals surface area contributed by atoms with E-state index in [9.17, 15) is 25.5 Å². The third-order valence-electron chi connectivity index (χ3n) is 20.6. The van der Waals surface area contributed by atoms with E-state index in [1.54, 1.807) is 52.7 Å². The summed E-state index contributed by atoms with van der Waals surface area (Å²) >= 11 is 0. The Hall–Kier alpha value is -5.01. The molecule has 96 heavy (non-hydrogen) atoms. The van der Waals surface area contributed by atoms with Gasteiger partial charge in [-0.2, -0.15) is 0 Å². The van der Waals surface area contributed by atoms with Crippen LogP contribution in [0, 0.1) is 29.6 Å². The van der Waals surface area contributed by atoms with E-state index in [4.69, 9.17) is 23.7 Å². The Morgan fingerprint density at radius 2 is 0.646 bits per heavy atom. The van der Waals surface area contributed by atoms with Crippen molar-refractivity contribution in [3.8, 4) is 28.7 Å². The Morgan fingerprint density at radius 3 is 0.979 bits per heavy atom. The number of phenols is 2. The molecule has 9 N–H and O–H groups in total. The zero-order chi connectivity index (χ0) is 65.9. The lowest BCUT2D eigenvalue weighted by Crippen LogP contribution is -2.44. The molecular weight excluding hydrogens is 1230 g/mol. The second kappa shape index (κ2) is 44.2. The van der Waals surface area contributed by atoms with Crippen LogP contribution in [0.15, 0.2) is 121 Å². The van der Waals surface area contributed by atoms with Gasteiger partial charge in [0.05, 0.1) is 49.3 Å². The molecule has 5 fully saturated rings. The summed E-state index contributed by atoms with van der Waals surface area (Å²) in [5.41, 5.74) is 2.54. The predicted molar refractivity (Wildman–Crippen MR) is 402 cm³/mol. The van der Waals surface area contributed by atoms with Crippen LogP contribution in [-0.4, -0.2) is 141 Å². The third kappa shape index (κ3) is 23.0. The Bertz CT molecular complexity index is 2880. The van der Waals surface area contributed by atoms with Gasteiger partial charge in [-0.25, -0.2) is 0 Å². The van der Waals surface area contributed by atoms with Crippen LogP contribution in [0.5, 0.6) is 28.7 Å². The van der Waals surface area contributed by atoms with Gasteiger partial charge in [-0.1, -0.05) is 155 Å². The first-order valence-electron chi connectivity index (χ1n) is 34.0. The van der Waals surface area contributed by atoms with E-state index in [1.807, 2.05) is 108 Å². The molecule has 546 valence electrons. The lowest BCUT2D eigenvalue weighted by atomic mass is 9.71. The molecule has 5 aromatic rings. The summed E-state index contributed by atoms with van der Waals surface area (Å²) in [6, 6.07) is 38.6. The highest BCUT2D eigenvalue weighted by molar-refractivity contribution is 5.85. The first kappa shape index (κ1) is 89.0. The number of hydrogen-bond donors (Lipinski definition) is 9. The van der Waals surface area contributed by atoms with E-state index < -0.39 is 16.8 Å². The first-order valence-corrected chi connectivity index (χ1v) is 34.0. The minimum absolute atomic E-state index is 0. The van der Waals surface area contributed by atoms with Gasteiger partial charge in [-0.05, 0) is 195 Å². The van der Waals surface area contributed by atoms with E-state index >= 15 is 0 Å². The molecule has 0 bridgehead atoms. The molecule has 15 nitrogen and oxygen atoms in total. The summed E-state index contributed by atoms with van der Waals surface area (Å²) in [5.74, 6) is 4.86. The molecule has 16 heteroatoms. The van der Waals surface area contributed by atoms with E-state index in [0.717, 1.165) is 143 Å². The number of hydrogen-bond acceptors (Lipinski definition) is 15. The second-order valence-electron chi connectivity index (χ2n) is 26.5. The largest absolute Gasteiger partial charge is 0.508 e. The lowest BCUT2D eigenvalue weighted by Gasteiger charge is -2.43. The molecule has 10 rings (SSSR count). The van der Waals surface area contributed by atoms with Gasteiger partial charge in [0, 0.05) is 76.5 Å². The summed E-state index contributed by atoms with van der Waals surface area (Å²) in [5, 5.41) is 65.3. The molecule has 0 aromatic heterocycles. The SMILES string of the molecule is C.C.C.C.CNC[C@H]1CCCC[C@]1(O)c1cccc(O)c1.CNC[C@H]1CCCC[C@]1(O)c1cccc(OC)c1.CNC[C@H]1CCCC[C@]1(OC)c1cccc(O)c1.CNC[C@H]1CCCC[C@]1(OC)c1cccc(OC)c1.COc1cccc([C@@]2(O)CCCC[C@@H]2CN(C)C)c1.Cl. The number of phenolic OH excluding ortho intramolecular Hbond substituents is 2. The Balaban J connectivity index is 0.000000593. The van der Waals surface area contributed by atoms with Crippen LogP contribution in [0.2, 0.25) is 0 Å². The van der Waals surface area contributed by atoms with Crippen molar-refractivity contribution in [1.82, 2.24) is 26.2 Å². The van der Waals surface area contributed by atoms with Crippen LogP contribution >= 0.6 is 12.4 Å². The molecule has 5 saturated carbocycles. The van der Waals surface area contributed by atoms with Crippen LogP contribution in [0.25, 0.3) is 0 Å². The van der Waals surface area contributed by atoms with Crippen molar-refractivity contribution in [3.63, 3.8) is 0 Å². The molecule has 0 spiro atoms. The molecule has 5 aromatic carbocycles. The number of rotatable bonds is 20. The third-order valence-corrected chi connectivity index (χ3v) is 20.6. The van der Waals surface area contributed by atoms with Gasteiger partial charge in [0.25, 0.3) is 0 Å². The summed E-state index contributed by atoms with van der Waals surface area (Å²) in [6.07, 6.45) is 22.0. The maximum absolute atomic E-state index is 11.2. The summed E-state index contributed by atoms with van der Waals surface area (Å²) in [4.78, 5) is 2.17. The second-order valence-corrected chi connectivity index (χ2v) is 26.5. The van der Waals surface area contributed by atoms with Gasteiger partial charge in [-0.3, -0.25) is 0 Å². The Labute approximate surface area is 589 Å². The molecular formula is C80H134ClN5O10. The minimum atomic E-state index is -0.792. The number of halogens is 1. The number of aromatic hydroxyl groups is 2. The fraction of sp³-hybridized carbons (Fsp3) is 0.625. The minimum Gasteiger partial charge on any atom is -0.508 e. The van der Waals surface area contributed by atoms with Gasteiger partial charge < -0.3 is 75.4 Å². The molecule has 0 aliphatic heterocycles. The van der Waals surface area contributed by atoms with Crippen molar-refractivity contribution < 1.29 is 49.2 Å². The van der Waals surface area contributed by atoms with Crippen molar-refractivity contribution in [1.29, 1.82) is 0 Å². The van der Waals surface area contributed by atoms with Crippen LogP contribution in [-0.2, 0) is 37.5 Å². The van der Waals surface area contributed by atoms with E-state index in [-0.39, 0.29) is 70.9 Å². The van der Waals surface area contributed by atoms with Gasteiger partial charge >= 0.3 is 0 Å². The standard InChI is InChI=1S/2C16H25NO2.2C15H23NO2.C14H21NO2.4CH4.ClH/c1-17-12-14-7-4-5-10-16(14,19-3)13-8-6-9-15(11-13)18-2;1-17(2)12-14-7-4-5-10-16(14,18)13-8-6-9-15(11-13)19-3;1-16-11-13-6-3-4-9-15(13,17)12-7-5-8-14(10-12)18-2;1-16-11-13-6-3-4-9-15(13,18-2)12-7-5-8-14(17)10-12;1-15-10-12-5-2-3-8-14(12,17)11-6-4-7-13(16)9-11;;;;;/h6,8-9,11,14,17H,4-5,7,10,12H2,1-3H3;6,8-9,11,14,18H,4-5,7,10,12H2,1-3H3;2*5,7-8,10,13,16-17H,3-4,6,9,11H2,1-2H3;4,6-7,9,12,15-17H,2-3,5,8,10H2,1H3;4*1H4;1H/t2*14-,16+;2*13-,15+;12-,14+;;;;;/m11111...../s1. The normalized spacial score (nSPS) is 26.6. The van der Waals surface area contributed by atoms with Gasteiger partial charge in [0.15, 0.2) is 0 Å². The van der Waals surface area contributed by atoms with Crippen molar-refractivity contribution in [3.05, 3.63) is 149 Å². The van der Waals surface area contributed by atoms with Crippen molar-refractivity contribution in [2.45, 2.75) is 186 Å². The Morgan fingerprint density at radius 1 is 0.375 bits per heavy atom. The van der Waals surface area contributed by atoms with Gasteiger partial charge in [0.1, 0.15) is 28.7 Å². The molecule has 0 saturated heterocycles. The highest BCUT2D eigenvalue weighted by atomic mass is 35.5. The highest BCUT2D eigenvalue weighted by Gasteiger charge is 2.45. The van der Waals surface area contributed by atoms with Crippen LogP contribution in [0.4, 0.5) is 0 Å². The zero-order valence-electron chi connectivity index (χ0n) is 57.7. The van der Waals surface area contributed by atoms with E-state index in [1.165, 1.54) is 63.4 Å². The number of methoxy groups -OCH3 is 5. The number of nitrogens with zero attached hydrogens (tertiary/aromatic N) is 1. The number of aliphatic hydroxyl groups is 3. The van der Waals surface area contributed by atoms with Crippen molar-refractivity contribution >= 4 is 12.4 Å². The molecule has 5 aliphatic rings. The average molecular weight is 1360 g/mol. The summed E-state index contributed by atoms with van der Waals surface area (Å²) < 4.78 is 27.9. The molecule has 0 unspecified atom stereocenters. The fourth-order valence-electron chi connectivity index (χ4n) is 15.7. The number of nitrogens with one attached hydrogen (secondary N) is 4. The molecule has 0 heterocycles. The van der Waals surface area contributed by atoms with E-state index in [0.29, 0.717) is 23.5 Å². The number of benzene rings is 5. The smallest absolute Gasteiger partial charge is 0.119 e. The average Bonchev–Trinajstić information content (AvgIpc) is 0.859. The Kier molecular flexibility index (Phi) is 41.0. The van der Waals surface area contributed by atoms with Crippen molar-refractivity contribution in [2.24, 2.45) is 29.6 Å². The van der Waals surface area contributed by atoms with E-state index in [2.05, 4.69) is 64.5 Å². The first-order chi connectivity index (χ1) is 43.9. The van der Waals surface area contributed by atoms with Gasteiger partial charge in [0.2, 0.25) is 0 Å². The summed E-state index contributed by atoms with van der Waals surface area (Å²) in [6.45, 7) is 4.53. The quantitative estimate of drug-likeness (QED) is 0.0356. The molecule has 5 aliphatic carbocycles. The molecule has 0 radical (unpaired) electrons. The highest BCUT2D eigenvalue weighted by Crippen LogP contribution is 2.48. The number of ether oxygens (including phenoxy) is 5. The van der Waals surface area contributed by atoms with Crippen LogP contribution in [0.3, 0.4) is 0 Å². The predicted octanol–water partition coefficient (Wildman–Crippen LogP) is 15.5. The monoisotopic (exact) mass is 1360 g/mol. The van der Waals surface area contributed by atoms with Crippen LogP contribution < -0.4 is 35.5 Å². The topological polar surface area (TPSA) is 199 Å². The summed E-state index contributed by atoms with van der Waals surface area (Å²) in [7, 11) is 20.7. The molecule has 10 atom stereocenters.